The van der Waals surface area contributed by atoms with Gasteiger partial charge in [0, 0.05) is 13.1 Å². The summed E-state index contributed by atoms with van der Waals surface area (Å²) in [6.07, 6.45) is 0.821. The highest BCUT2D eigenvalue weighted by Crippen LogP contribution is 2.19. The third-order valence-electron chi connectivity index (χ3n) is 4.17. The molecule has 0 fully saturated rings. The zero-order chi connectivity index (χ0) is 20.6. The Kier molecular flexibility index (Phi) is 10.4. The number of nitrogens with one attached hydrogen (secondary N) is 2. The van der Waals surface area contributed by atoms with Crippen LogP contribution in [0.4, 0.5) is 0 Å². The van der Waals surface area contributed by atoms with Gasteiger partial charge >= 0.3 is 0 Å². The number of nitrogens with two attached hydrogens (primary N) is 1. The smallest absolute Gasteiger partial charge is 0.238 e. The van der Waals surface area contributed by atoms with Gasteiger partial charge < -0.3 is 15.4 Å². The molecular weight excluding hydrogens is 503 g/mol. The number of ether oxygens (including phenoxy) is 1. The molecule has 2 rings (SSSR count). The van der Waals surface area contributed by atoms with Crippen molar-refractivity contribution in [2.45, 2.75) is 31.7 Å². The lowest BCUT2D eigenvalue weighted by Crippen LogP contribution is -2.38. The van der Waals surface area contributed by atoms with E-state index in [1.54, 1.807) is 19.2 Å². The molecule has 29 heavy (non-hydrogen) atoms. The number of benzene rings is 2. The van der Waals surface area contributed by atoms with Gasteiger partial charge in [0.05, 0.1) is 18.6 Å². The Balaban J connectivity index is 0.00000420. The van der Waals surface area contributed by atoms with E-state index in [0.717, 1.165) is 29.8 Å². The number of aliphatic imine (C=N–C) groups is 1. The standard InChI is InChI=1S/C20H28N4O3S.HI/c1-4-22-20(23-11-10-16-9-8-15(2)19(13-16)27-3)24-14-17-6-5-7-18(12-17)28(21,25)26;/h5-9,12-13H,4,10-11,14H2,1-3H3,(H2,21,25,26)(H2,22,23,24);1H. The number of halogens is 1. The third-order valence-corrected chi connectivity index (χ3v) is 5.08. The van der Waals surface area contributed by atoms with Gasteiger partial charge in [-0.05, 0) is 55.2 Å². The molecule has 0 spiro atoms. The van der Waals surface area contributed by atoms with Crippen molar-refractivity contribution in [1.29, 1.82) is 0 Å². The van der Waals surface area contributed by atoms with Crippen LogP contribution in [0, 0.1) is 6.92 Å². The summed E-state index contributed by atoms with van der Waals surface area (Å²) in [4.78, 5) is 4.61. The largest absolute Gasteiger partial charge is 0.496 e. The van der Waals surface area contributed by atoms with E-state index in [1.165, 1.54) is 11.6 Å². The maximum absolute atomic E-state index is 11.5. The predicted octanol–water partition coefficient (Wildman–Crippen LogP) is 2.57. The first kappa shape index (κ1) is 25.2. The molecule has 0 heterocycles. The summed E-state index contributed by atoms with van der Waals surface area (Å²) < 4.78 is 28.3. The van der Waals surface area contributed by atoms with E-state index in [9.17, 15) is 8.42 Å². The molecule has 2 aromatic rings. The van der Waals surface area contributed by atoms with E-state index < -0.39 is 10.0 Å². The Morgan fingerprint density at radius 3 is 2.55 bits per heavy atom. The molecule has 0 aliphatic rings. The highest BCUT2D eigenvalue weighted by Gasteiger charge is 2.08. The van der Waals surface area contributed by atoms with Gasteiger partial charge in [-0.1, -0.05) is 24.3 Å². The molecule has 0 unspecified atom stereocenters. The van der Waals surface area contributed by atoms with Gasteiger partial charge in [0.25, 0.3) is 0 Å². The summed E-state index contributed by atoms with van der Waals surface area (Å²) in [5, 5.41) is 11.7. The molecule has 0 saturated heterocycles. The lowest BCUT2D eigenvalue weighted by Gasteiger charge is -2.12. The highest BCUT2D eigenvalue weighted by atomic mass is 127. The van der Waals surface area contributed by atoms with Gasteiger partial charge in [0.15, 0.2) is 5.96 Å². The number of aryl methyl sites for hydroxylation is 1. The molecule has 0 aliphatic carbocycles. The lowest BCUT2D eigenvalue weighted by atomic mass is 10.1. The number of primary sulfonamides is 1. The number of sulfonamides is 1. The fraction of sp³-hybridized carbons (Fsp3) is 0.350. The predicted molar refractivity (Wildman–Crippen MR) is 127 cm³/mol. The van der Waals surface area contributed by atoms with Crippen LogP contribution in [0.3, 0.4) is 0 Å². The molecule has 0 aromatic heterocycles. The first-order chi connectivity index (χ1) is 13.3. The lowest BCUT2D eigenvalue weighted by molar-refractivity contribution is 0.411. The van der Waals surface area contributed by atoms with Crippen LogP contribution in [0.5, 0.6) is 5.75 Å². The van der Waals surface area contributed by atoms with Crippen molar-refractivity contribution in [3.8, 4) is 5.75 Å². The van der Waals surface area contributed by atoms with E-state index in [-0.39, 0.29) is 28.9 Å². The molecule has 0 atom stereocenters. The van der Waals surface area contributed by atoms with Crippen LogP contribution in [0.25, 0.3) is 0 Å². The number of rotatable bonds is 8. The molecule has 0 bridgehead atoms. The number of hydrogen-bond acceptors (Lipinski definition) is 4. The van der Waals surface area contributed by atoms with Crippen LogP contribution < -0.4 is 20.5 Å². The van der Waals surface area contributed by atoms with E-state index >= 15 is 0 Å². The molecular formula is C20H29IN4O3S. The van der Waals surface area contributed by atoms with Crippen molar-refractivity contribution in [2.24, 2.45) is 10.1 Å². The maximum Gasteiger partial charge on any atom is 0.238 e. The second kappa shape index (κ2) is 12.0. The Labute approximate surface area is 190 Å². The van der Waals surface area contributed by atoms with Crippen LogP contribution in [0.1, 0.15) is 23.6 Å². The second-order valence-corrected chi connectivity index (χ2v) is 7.93. The van der Waals surface area contributed by atoms with Crippen LogP contribution >= 0.6 is 24.0 Å². The maximum atomic E-state index is 11.5. The Morgan fingerprint density at radius 1 is 1.14 bits per heavy atom. The minimum atomic E-state index is -3.72. The Morgan fingerprint density at radius 2 is 1.90 bits per heavy atom. The van der Waals surface area contributed by atoms with Crippen LogP contribution in [0.15, 0.2) is 52.4 Å². The zero-order valence-electron chi connectivity index (χ0n) is 16.9. The van der Waals surface area contributed by atoms with E-state index in [1.807, 2.05) is 32.0 Å². The molecule has 160 valence electrons. The van der Waals surface area contributed by atoms with Crippen molar-refractivity contribution in [1.82, 2.24) is 10.6 Å². The molecule has 0 aliphatic heterocycles. The fourth-order valence-corrected chi connectivity index (χ4v) is 3.26. The monoisotopic (exact) mass is 532 g/mol. The van der Waals surface area contributed by atoms with Gasteiger partial charge in [0.2, 0.25) is 10.0 Å². The molecule has 2 aromatic carbocycles. The number of nitrogens with zero attached hydrogens (tertiary/aromatic N) is 1. The Hall–Kier alpha value is -1.85. The fourth-order valence-electron chi connectivity index (χ4n) is 2.68. The number of methoxy groups -OCH3 is 1. The first-order valence-electron chi connectivity index (χ1n) is 9.11. The third kappa shape index (κ3) is 8.19. The van der Waals surface area contributed by atoms with Crippen LogP contribution in [-0.2, 0) is 23.0 Å². The molecule has 0 saturated carbocycles. The Bertz CT molecular complexity index is 933. The normalized spacial score (nSPS) is 11.5. The minimum Gasteiger partial charge on any atom is -0.496 e. The molecule has 0 amide bonds. The molecule has 4 N–H and O–H groups in total. The molecule has 0 radical (unpaired) electrons. The summed E-state index contributed by atoms with van der Waals surface area (Å²) in [6.45, 7) is 5.78. The van der Waals surface area contributed by atoms with Gasteiger partial charge in [-0.15, -0.1) is 24.0 Å². The van der Waals surface area contributed by atoms with E-state index in [4.69, 9.17) is 9.88 Å². The van der Waals surface area contributed by atoms with Gasteiger partial charge in [-0.3, -0.25) is 0 Å². The average Bonchev–Trinajstić information content (AvgIpc) is 2.67. The van der Waals surface area contributed by atoms with E-state index in [2.05, 4.69) is 21.7 Å². The van der Waals surface area contributed by atoms with Crippen molar-refractivity contribution < 1.29 is 13.2 Å². The quantitative estimate of drug-likeness (QED) is 0.276. The summed E-state index contributed by atoms with van der Waals surface area (Å²) in [5.41, 5.74) is 3.05. The topological polar surface area (TPSA) is 106 Å². The second-order valence-electron chi connectivity index (χ2n) is 6.37. The molecule has 7 nitrogen and oxygen atoms in total. The summed E-state index contributed by atoms with van der Waals surface area (Å²) in [7, 11) is -2.05. The van der Waals surface area contributed by atoms with Crippen molar-refractivity contribution in [3.63, 3.8) is 0 Å². The van der Waals surface area contributed by atoms with Crippen molar-refractivity contribution >= 4 is 40.0 Å². The number of guanidine groups is 1. The van der Waals surface area contributed by atoms with E-state index in [0.29, 0.717) is 19.0 Å². The minimum absolute atomic E-state index is 0. The van der Waals surface area contributed by atoms with Crippen LogP contribution in [0.2, 0.25) is 0 Å². The highest BCUT2D eigenvalue weighted by molar-refractivity contribution is 14.0. The summed E-state index contributed by atoms with van der Waals surface area (Å²) in [5.74, 6) is 1.55. The first-order valence-corrected chi connectivity index (χ1v) is 10.7. The zero-order valence-corrected chi connectivity index (χ0v) is 20.1. The van der Waals surface area contributed by atoms with Crippen LogP contribution in [-0.4, -0.2) is 34.6 Å². The van der Waals surface area contributed by atoms with Gasteiger partial charge in [-0.25, -0.2) is 18.5 Å². The van der Waals surface area contributed by atoms with Crippen molar-refractivity contribution in [2.75, 3.05) is 20.2 Å². The van der Waals surface area contributed by atoms with Gasteiger partial charge in [0.1, 0.15) is 5.75 Å². The average molecular weight is 532 g/mol. The molecule has 9 heteroatoms. The SMILES string of the molecule is CCNC(=NCc1cccc(S(N)(=O)=O)c1)NCCc1ccc(C)c(OC)c1.I. The number of hydrogen-bond donors (Lipinski definition) is 3. The summed E-state index contributed by atoms with van der Waals surface area (Å²) in [6, 6.07) is 12.7. The van der Waals surface area contributed by atoms with Crippen molar-refractivity contribution in [3.05, 3.63) is 59.2 Å². The summed E-state index contributed by atoms with van der Waals surface area (Å²) >= 11 is 0. The van der Waals surface area contributed by atoms with Gasteiger partial charge in [-0.2, -0.15) is 0 Å².